The zero-order valence-corrected chi connectivity index (χ0v) is 12.1. The molecule has 7 heteroatoms. The van der Waals surface area contributed by atoms with Crippen molar-refractivity contribution in [3.05, 3.63) is 0 Å². The smallest absolute Gasteiger partial charge is 0.305 e. The van der Waals surface area contributed by atoms with Crippen LogP contribution < -0.4 is 0 Å². The maximum Gasteiger partial charge on any atom is 0.305 e. The van der Waals surface area contributed by atoms with Crippen molar-refractivity contribution in [3.8, 4) is 0 Å². The number of carbonyl (C=O) groups excluding carboxylic acids is 1. The minimum absolute atomic E-state index is 0.104. The van der Waals surface area contributed by atoms with E-state index in [1.54, 1.807) is 0 Å². The largest absolute Gasteiger partial charge is 0.469 e. The number of esters is 1. The van der Waals surface area contributed by atoms with Crippen LogP contribution in [0, 0.1) is 0 Å². The van der Waals surface area contributed by atoms with Gasteiger partial charge in [0.05, 0.1) is 20.3 Å². The molecule has 0 unspecified atom stereocenters. The molecule has 0 spiro atoms. The molecule has 102 valence electrons. The van der Waals surface area contributed by atoms with Crippen LogP contribution in [0.15, 0.2) is 0 Å². The molecule has 0 aliphatic rings. The fourth-order valence-electron chi connectivity index (χ4n) is 1.00. The van der Waals surface area contributed by atoms with Crippen LogP contribution in [0.2, 0.25) is 0 Å². The first-order chi connectivity index (χ1) is 8.24. The lowest BCUT2D eigenvalue weighted by atomic mass is 10.3. The molecule has 0 aromatic heterocycles. The third kappa shape index (κ3) is 10.9. The fourth-order valence-corrected chi connectivity index (χ4v) is 1.58. The molecule has 0 aliphatic carbocycles. The highest BCUT2D eigenvalue weighted by Crippen LogP contribution is 2.06. The second-order valence-corrected chi connectivity index (χ2v) is 4.21. The van der Waals surface area contributed by atoms with Gasteiger partial charge in [-0.15, -0.1) is 0 Å². The van der Waals surface area contributed by atoms with Gasteiger partial charge < -0.3 is 17.8 Å². The van der Waals surface area contributed by atoms with Crippen LogP contribution in [-0.4, -0.2) is 51.5 Å². The van der Waals surface area contributed by atoms with Crippen LogP contribution in [0.4, 0.5) is 0 Å². The second kappa shape index (κ2) is 12.5. The summed E-state index contributed by atoms with van der Waals surface area (Å²) in [5, 5.41) is 0. The van der Waals surface area contributed by atoms with E-state index in [2.05, 4.69) is 4.74 Å². The lowest BCUT2D eigenvalue weighted by molar-refractivity contribution is -0.141. The maximum atomic E-state index is 10.9. The van der Waals surface area contributed by atoms with Crippen LogP contribution >= 0.6 is 24.1 Å². The van der Waals surface area contributed by atoms with Crippen molar-refractivity contribution in [3.63, 3.8) is 0 Å². The first kappa shape index (κ1) is 17.1. The Labute approximate surface area is 111 Å². The van der Waals surface area contributed by atoms with Gasteiger partial charge in [0, 0.05) is 25.5 Å². The number of hydrogen-bond acceptors (Lipinski definition) is 7. The van der Waals surface area contributed by atoms with E-state index in [-0.39, 0.29) is 12.1 Å². The third-order valence-electron chi connectivity index (χ3n) is 1.85. The summed E-state index contributed by atoms with van der Waals surface area (Å²) in [6.07, 6.45) is 4.61. The molecule has 0 rings (SSSR count). The van der Waals surface area contributed by atoms with E-state index < -0.39 is 0 Å². The van der Waals surface area contributed by atoms with Gasteiger partial charge in [-0.05, 0) is 30.5 Å². The molecule has 0 atom stereocenters. The summed E-state index contributed by atoms with van der Waals surface area (Å²) in [7, 11) is 1.38. The minimum Gasteiger partial charge on any atom is -0.469 e. The van der Waals surface area contributed by atoms with Gasteiger partial charge in [-0.2, -0.15) is 0 Å². The highest BCUT2D eigenvalue weighted by molar-refractivity contribution is 7.94. The Morgan fingerprint density at radius 1 is 1.18 bits per heavy atom. The van der Waals surface area contributed by atoms with Gasteiger partial charge in [0.1, 0.15) is 6.10 Å². The van der Waals surface area contributed by atoms with Gasteiger partial charge in [0.15, 0.2) is 0 Å². The predicted molar refractivity (Wildman–Crippen MR) is 69.9 cm³/mol. The molecule has 5 nitrogen and oxygen atoms in total. The molecule has 0 aromatic rings. The highest BCUT2D eigenvalue weighted by atomic mass is 32.2. The standard InChI is InChI=1S/C10H20O5S2/c1-12-10(11)5-4-6-13-9(7-14-16-2)8-15-17-3/h9H,4-8H2,1-3H3. The average molecular weight is 284 g/mol. The first-order valence-corrected chi connectivity index (χ1v) is 7.54. The number of carbonyl (C=O) groups is 1. The van der Waals surface area contributed by atoms with Crippen LogP contribution in [0.5, 0.6) is 0 Å². The molecule has 0 fully saturated rings. The minimum atomic E-state index is -0.217. The molecule has 0 aromatic carbocycles. The lowest BCUT2D eigenvalue weighted by Gasteiger charge is -2.16. The van der Waals surface area contributed by atoms with Crippen LogP contribution in [0.25, 0.3) is 0 Å². The molecular formula is C10H20O5S2. The van der Waals surface area contributed by atoms with Gasteiger partial charge >= 0.3 is 5.97 Å². The molecule has 0 radical (unpaired) electrons. The van der Waals surface area contributed by atoms with Crippen molar-refractivity contribution in [1.82, 2.24) is 0 Å². The quantitative estimate of drug-likeness (QED) is 0.326. The van der Waals surface area contributed by atoms with E-state index in [0.717, 1.165) is 0 Å². The molecular weight excluding hydrogens is 264 g/mol. The van der Waals surface area contributed by atoms with Crippen molar-refractivity contribution in [2.24, 2.45) is 0 Å². The van der Waals surface area contributed by atoms with Gasteiger partial charge in [-0.25, -0.2) is 0 Å². The van der Waals surface area contributed by atoms with Crippen LogP contribution in [0.3, 0.4) is 0 Å². The summed E-state index contributed by atoms with van der Waals surface area (Å²) in [6.45, 7) is 1.44. The predicted octanol–water partition coefficient (Wildman–Crippen LogP) is 1.91. The Balaban J connectivity index is 3.62. The monoisotopic (exact) mass is 284 g/mol. The normalized spacial score (nSPS) is 10.8. The summed E-state index contributed by atoms with van der Waals surface area (Å²) in [4.78, 5) is 10.9. The Bertz CT molecular complexity index is 184. The van der Waals surface area contributed by atoms with Gasteiger partial charge in [-0.1, -0.05) is 0 Å². The molecule has 0 aliphatic heterocycles. The second-order valence-electron chi connectivity index (χ2n) is 3.07. The lowest BCUT2D eigenvalue weighted by Crippen LogP contribution is -2.24. The Kier molecular flexibility index (Phi) is 12.5. The van der Waals surface area contributed by atoms with E-state index in [1.165, 1.54) is 31.2 Å². The molecule has 17 heavy (non-hydrogen) atoms. The zero-order valence-electron chi connectivity index (χ0n) is 10.5. The number of ether oxygens (including phenoxy) is 2. The SMILES string of the molecule is COC(=O)CCCOC(COSC)COSC. The van der Waals surface area contributed by atoms with E-state index in [9.17, 15) is 4.79 Å². The molecule has 0 saturated heterocycles. The van der Waals surface area contributed by atoms with Crippen molar-refractivity contribution in [2.45, 2.75) is 18.9 Å². The Hall–Kier alpha value is 0.0500. The number of hydrogen-bond donors (Lipinski definition) is 0. The molecule has 0 saturated carbocycles. The van der Waals surface area contributed by atoms with Gasteiger partial charge in [-0.3, -0.25) is 4.79 Å². The molecule has 0 N–H and O–H groups in total. The van der Waals surface area contributed by atoms with E-state index in [0.29, 0.717) is 32.7 Å². The van der Waals surface area contributed by atoms with Crippen molar-refractivity contribution >= 4 is 30.1 Å². The average Bonchev–Trinajstić information content (AvgIpc) is 2.36. The summed E-state index contributed by atoms with van der Waals surface area (Å²) < 4.78 is 20.5. The van der Waals surface area contributed by atoms with Crippen molar-refractivity contribution < 1.29 is 22.6 Å². The number of rotatable bonds is 11. The highest BCUT2D eigenvalue weighted by Gasteiger charge is 2.10. The zero-order chi connectivity index (χ0) is 12.9. The van der Waals surface area contributed by atoms with Crippen molar-refractivity contribution in [2.75, 3.05) is 39.4 Å². The fraction of sp³-hybridized carbons (Fsp3) is 0.900. The number of methoxy groups -OCH3 is 1. The molecule has 0 heterocycles. The van der Waals surface area contributed by atoms with E-state index >= 15 is 0 Å². The summed E-state index contributed by atoms with van der Waals surface area (Å²) in [6, 6.07) is 0. The molecule has 0 bridgehead atoms. The molecule has 0 amide bonds. The summed E-state index contributed by atoms with van der Waals surface area (Å²) in [5.74, 6) is -0.217. The van der Waals surface area contributed by atoms with Crippen LogP contribution in [-0.2, 0) is 22.6 Å². The Morgan fingerprint density at radius 2 is 1.76 bits per heavy atom. The van der Waals surface area contributed by atoms with Crippen LogP contribution in [0.1, 0.15) is 12.8 Å². The van der Waals surface area contributed by atoms with Crippen molar-refractivity contribution in [1.29, 1.82) is 0 Å². The summed E-state index contributed by atoms with van der Waals surface area (Å²) >= 11 is 2.59. The maximum absolute atomic E-state index is 10.9. The van der Waals surface area contributed by atoms with Gasteiger partial charge in [0.25, 0.3) is 0 Å². The Morgan fingerprint density at radius 3 is 2.24 bits per heavy atom. The van der Waals surface area contributed by atoms with Gasteiger partial charge in [0.2, 0.25) is 0 Å². The summed E-state index contributed by atoms with van der Waals surface area (Å²) in [5.41, 5.74) is 0. The third-order valence-corrected chi connectivity index (χ3v) is 2.59. The topological polar surface area (TPSA) is 54.0 Å². The van der Waals surface area contributed by atoms with E-state index in [1.807, 2.05) is 12.5 Å². The first-order valence-electron chi connectivity index (χ1n) is 5.24. The van der Waals surface area contributed by atoms with E-state index in [4.69, 9.17) is 13.1 Å².